The Morgan fingerprint density at radius 2 is 1.76 bits per heavy atom. The van der Waals surface area contributed by atoms with Crippen LogP contribution in [0.3, 0.4) is 0 Å². The van der Waals surface area contributed by atoms with Crippen LogP contribution in [0.1, 0.15) is 32.4 Å². The summed E-state index contributed by atoms with van der Waals surface area (Å²) < 4.78 is 27.4. The van der Waals surface area contributed by atoms with Crippen molar-refractivity contribution in [1.29, 1.82) is 0 Å². The molecular weight excluding hydrogens is 272 g/mol. The van der Waals surface area contributed by atoms with Crippen LogP contribution in [0.2, 0.25) is 0 Å². The van der Waals surface area contributed by atoms with Crippen molar-refractivity contribution in [3.8, 4) is 0 Å². The molecule has 118 valence electrons. The van der Waals surface area contributed by atoms with Gasteiger partial charge in [0.15, 0.2) is 11.6 Å². The van der Waals surface area contributed by atoms with E-state index in [4.69, 9.17) is 5.73 Å². The molecule has 2 N–H and O–H groups in total. The molecule has 0 radical (unpaired) electrons. The van der Waals surface area contributed by atoms with Crippen molar-refractivity contribution < 1.29 is 8.78 Å². The van der Waals surface area contributed by atoms with Crippen molar-refractivity contribution in [1.82, 2.24) is 9.80 Å². The molecule has 0 bridgehead atoms. The first-order chi connectivity index (χ1) is 9.84. The summed E-state index contributed by atoms with van der Waals surface area (Å²) in [5.74, 6) is -1.58. The summed E-state index contributed by atoms with van der Waals surface area (Å²) in [5, 5.41) is 0. The molecule has 1 aromatic carbocycles. The van der Waals surface area contributed by atoms with Crippen LogP contribution in [-0.2, 0) is 0 Å². The molecule has 0 aromatic heterocycles. The molecule has 1 aliphatic heterocycles. The van der Waals surface area contributed by atoms with Gasteiger partial charge in [0, 0.05) is 43.8 Å². The van der Waals surface area contributed by atoms with E-state index in [0.29, 0.717) is 5.56 Å². The Kier molecular flexibility index (Phi) is 4.96. The monoisotopic (exact) mass is 297 g/mol. The molecule has 1 unspecified atom stereocenters. The number of benzene rings is 1. The van der Waals surface area contributed by atoms with Crippen molar-refractivity contribution in [3.05, 3.63) is 35.4 Å². The molecule has 1 heterocycles. The van der Waals surface area contributed by atoms with Crippen LogP contribution in [-0.4, -0.2) is 48.1 Å². The van der Waals surface area contributed by atoms with Crippen LogP contribution >= 0.6 is 0 Å². The molecule has 2 rings (SSSR count). The second-order valence-electron chi connectivity index (χ2n) is 6.59. The summed E-state index contributed by atoms with van der Waals surface area (Å²) in [6, 6.07) is 4.06. The van der Waals surface area contributed by atoms with Gasteiger partial charge in [0.25, 0.3) is 0 Å². The second-order valence-corrected chi connectivity index (χ2v) is 6.59. The van der Waals surface area contributed by atoms with Crippen LogP contribution in [0.25, 0.3) is 0 Å². The maximum atomic E-state index is 14.0. The summed E-state index contributed by atoms with van der Waals surface area (Å²) in [7, 11) is 0. The summed E-state index contributed by atoms with van der Waals surface area (Å²) in [4.78, 5) is 4.55. The molecule has 0 amide bonds. The summed E-state index contributed by atoms with van der Waals surface area (Å²) in [6.07, 6.45) is 0. The quantitative estimate of drug-likeness (QED) is 0.930. The summed E-state index contributed by atoms with van der Waals surface area (Å²) >= 11 is 0. The molecule has 5 heteroatoms. The number of halogens is 2. The molecule has 0 spiro atoms. The SMILES string of the molecule is CC(C)(C)N1CCN(C(CN)c2cccc(F)c2F)CC1. The van der Waals surface area contributed by atoms with Gasteiger partial charge in [-0.3, -0.25) is 9.80 Å². The molecule has 1 aromatic rings. The van der Waals surface area contributed by atoms with Crippen molar-refractivity contribution in [2.75, 3.05) is 32.7 Å². The van der Waals surface area contributed by atoms with Gasteiger partial charge in [0.05, 0.1) is 6.04 Å². The zero-order chi connectivity index (χ0) is 15.6. The predicted octanol–water partition coefficient (Wildman–Crippen LogP) is 2.38. The Bertz CT molecular complexity index is 477. The van der Waals surface area contributed by atoms with Crippen molar-refractivity contribution in [3.63, 3.8) is 0 Å². The number of hydrogen-bond donors (Lipinski definition) is 1. The number of rotatable bonds is 3. The highest BCUT2D eigenvalue weighted by Gasteiger charge is 2.30. The van der Waals surface area contributed by atoms with E-state index in [9.17, 15) is 8.78 Å². The first kappa shape index (κ1) is 16.3. The molecule has 1 saturated heterocycles. The number of nitrogens with two attached hydrogens (primary N) is 1. The van der Waals surface area contributed by atoms with Gasteiger partial charge in [0.2, 0.25) is 0 Å². The molecule has 1 aliphatic rings. The van der Waals surface area contributed by atoms with E-state index >= 15 is 0 Å². The highest BCUT2D eigenvalue weighted by molar-refractivity contribution is 5.23. The molecule has 0 saturated carbocycles. The maximum Gasteiger partial charge on any atom is 0.163 e. The van der Waals surface area contributed by atoms with Gasteiger partial charge in [-0.15, -0.1) is 0 Å². The summed E-state index contributed by atoms with van der Waals surface area (Å²) in [5.41, 5.74) is 6.33. The molecule has 3 nitrogen and oxygen atoms in total. The zero-order valence-electron chi connectivity index (χ0n) is 13.1. The van der Waals surface area contributed by atoms with Gasteiger partial charge < -0.3 is 5.73 Å². The van der Waals surface area contributed by atoms with Gasteiger partial charge in [-0.2, -0.15) is 0 Å². The smallest absolute Gasteiger partial charge is 0.163 e. The van der Waals surface area contributed by atoms with Crippen molar-refractivity contribution >= 4 is 0 Å². The van der Waals surface area contributed by atoms with Crippen LogP contribution in [0.15, 0.2) is 18.2 Å². The lowest BCUT2D eigenvalue weighted by Gasteiger charge is -2.44. The van der Waals surface area contributed by atoms with E-state index < -0.39 is 11.6 Å². The number of nitrogens with zero attached hydrogens (tertiary/aromatic N) is 2. The molecule has 1 atom stereocenters. The standard InChI is InChI=1S/C16H25F2N3/c1-16(2,3)21-9-7-20(8-10-21)14(11-19)12-5-4-6-13(17)15(12)18/h4-6,14H,7-11,19H2,1-3H3. The average molecular weight is 297 g/mol. The largest absolute Gasteiger partial charge is 0.329 e. The Morgan fingerprint density at radius 3 is 2.29 bits per heavy atom. The Labute approximate surface area is 125 Å². The molecule has 21 heavy (non-hydrogen) atoms. The molecular formula is C16H25F2N3. The van der Waals surface area contributed by atoms with E-state index in [0.717, 1.165) is 32.2 Å². The van der Waals surface area contributed by atoms with Crippen LogP contribution in [0.5, 0.6) is 0 Å². The Morgan fingerprint density at radius 1 is 1.14 bits per heavy atom. The fourth-order valence-corrected chi connectivity index (χ4v) is 2.95. The lowest BCUT2D eigenvalue weighted by atomic mass is 10.0. The third kappa shape index (κ3) is 3.59. The van der Waals surface area contributed by atoms with E-state index in [1.807, 2.05) is 0 Å². The van der Waals surface area contributed by atoms with Crippen molar-refractivity contribution in [2.24, 2.45) is 5.73 Å². The van der Waals surface area contributed by atoms with E-state index in [2.05, 4.69) is 30.6 Å². The molecule has 1 fully saturated rings. The first-order valence-electron chi connectivity index (χ1n) is 7.47. The summed E-state index contributed by atoms with van der Waals surface area (Å²) in [6.45, 7) is 10.3. The van der Waals surface area contributed by atoms with Gasteiger partial charge in [-0.1, -0.05) is 12.1 Å². The fourth-order valence-electron chi connectivity index (χ4n) is 2.95. The van der Waals surface area contributed by atoms with Gasteiger partial charge >= 0.3 is 0 Å². The van der Waals surface area contributed by atoms with Crippen molar-refractivity contribution in [2.45, 2.75) is 32.4 Å². The minimum Gasteiger partial charge on any atom is -0.329 e. The average Bonchev–Trinajstić information content (AvgIpc) is 2.44. The van der Waals surface area contributed by atoms with Crippen LogP contribution in [0, 0.1) is 11.6 Å². The van der Waals surface area contributed by atoms with Gasteiger partial charge in [-0.05, 0) is 26.8 Å². The highest BCUT2D eigenvalue weighted by atomic mass is 19.2. The molecule has 0 aliphatic carbocycles. The predicted molar refractivity (Wildman–Crippen MR) is 81.1 cm³/mol. The minimum atomic E-state index is -0.806. The Balaban J connectivity index is 2.12. The number of piperazine rings is 1. The third-order valence-corrected chi connectivity index (χ3v) is 4.27. The normalized spacial score (nSPS) is 19.7. The Hall–Kier alpha value is -1.04. The minimum absolute atomic E-state index is 0.133. The second kappa shape index (κ2) is 6.38. The van der Waals surface area contributed by atoms with Gasteiger partial charge in [0.1, 0.15) is 0 Å². The van der Waals surface area contributed by atoms with Crippen LogP contribution in [0.4, 0.5) is 8.78 Å². The highest BCUT2D eigenvalue weighted by Crippen LogP contribution is 2.26. The van der Waals surface area contributed by atoms with Gasteiger partial charge in [-0.25, -0.2) is 8.78 Å². The van der Waals surface area contributed by atoms with E-state index in [1.165, 1.54) is 0 Å². The fraction of sp³-hybridized carbons (Fsp3) is 0.625. The van der Waals surface area contributed by atoms with E-state index in [-0.39, 0.29) is 18.1 Å². The first-order valence-corrected chi connectivity index (χ1v) is 7.47. The zero-order valence-corrected chi connectivity index (χ0v) is 13.1. The third-order valence-electron chi connectivity index (χ3n) is 4.27. The maximum absolute atomic E-state index is 14.0. The van der Waals surface area contributed by atoms with E-state index in [1.54, 1.807) is 12.1 Å². The topological polar surface area (TPSA) is 32.5 Å². The number of hydrogen-bond acceptors (Lipinski definition) is 3. The van der Waals surface area contributed by atoms with Crippen LogP contribution < -0.4 is 5.73 Å². The lowest BCUT2D eigenvalue weighted by molar-refractivity contribution is 0.0425. The lowest BCUT2D eigenvalue weighted by Crippen LogP contribution is -2.54.